The fourth-order valence-electron chi connectivity index (χ4n) is 1.91. The number of aryl methyl sites for hydroxylation is 1. The number of thioether (sulfide) groups is 1. The molecule has 0 unspecified atom stereocenters. The molecule has 0 aliphatic rings. The molecule has 2 aromatic heterocycles. The van der Waals surface area contributed by atoms with Gasteiger partial charge in [0, 0.05) is 24.4 Å². The third-order valence-corrected chi connectivity index (χ3v) is 3.52. The molecule has 0 fully saturated rings. The molecule has 0 atom stereocenters. The first-order valence-electron chi connectivity index (χ1n) is 6.60. The van der Waals surface area contributed by atoms with E-state index >= 15 is 0 Å². The lowest BCUT2D eigenvalue weighted by atomic mass is 10.3. The molecule has 2 aromatic rings. The molecule has 0 bridgehead atoms. The van der Waals surface area contributed by atoms with Crippen molar-refractivity contribution in [3.63, 3.8) is 0 Å². The number of aromatic amines is 1. The van der Waals surface area contributed by atoms with E-state index < -0.39 is 18.1 Å². The van der Waals surface area contributed by atoms with Crippen LogP contribution in [-0.4, -0.2) is 45.0 Å². The predicted molar refractivity (Wildman–Crippen MR) is 80.8 cm³/mol. The van der Waals surface area contributed by atoms with E-state index in [-0.39, 0.29) is 17.3 Å². The highest BCUT2D eigenvalue weighted by atomic mass is 32.2. The number of hydrogen-bond acceptors (Lipinski definition) is 5. The molecule has 23 heavy (non-hydrogen) atoms. The lowest BCUT2D eigenvalue weighted by Gasteiger charge is -2.09. The zero-order valence-corrected chi connectivity index (χ0v) is 13.3. The fourth-order valence-corrected chi connectivity index (χ4v) is 2.30. The number of ether oxygens (including phenoxy) is 1. The number of hydrogen-bond donors (Lipinski definition) is 1. The number of rotatable bonds is 6. The van der Waals surface area contributed by atoms with Crippen molar-refractivity contribution in [3.05, 3.63) is 28.3 Å². The summed E-state index contributed by atoms with van der Waals surface area (Å²) in [5.41, 5.74) is -0.295. The van der Waals surface area contributed by atoms with E-state index in [0.717, 1.165) is 10.7 Å². The number of H-pyrrole nitrogens is 1. The molecule has 0 saturated heterocycles. The van der Waals surface area contributed by atoms with Gasteiger partial charge in [0.15, 0.2) is 17.4 Å². The molecule has 10 heteroatoms. The van der Waals surface area contributed by atoms with Gasteiger partial charge in [0.05, 0.1) is 12.8 Å². The second kappa shape index (κ2) is 7.07. The van der Waals surface area contributed by atoms with Crippen molar-refractivity contribution in [1.82, 2.24) is 19.7 Å². The van der Waals surface area contributed by atoms with Crippen molar-refractivity contribution in [2.24, 2.45) is 0 Å². The van der Waals surface area contributed by atoms with E-state index in [1.54, 1.807) is 11.8 Å². The Balaban J connectivity index is 2.44. The summed E-state index contributed by atoms with van der Waals surface area (Å²) >= 11 is 1.54. The molecule has 0 radical (unpaired) electrons. The Bertz CT molecular complexity index is 727. The Morgan fingerprint density at radius 2 is 2.17 bits per heavy atom. The maximum atomic E-state index is 12.7. The first-order chi connectivity index (χ1) is 10.8. The highest BCUT2D eigenvalue weighted by molar-refractivity contribution is 7.98. The Labute approximate surface area is 134 Å². The van der Waals surface area contributed by atoms with Crippen LogP contribution in [0.2, 0.25) is 0 Å². The van der Waals surface area contributed by atoms with Crippen LogP contribution in [0, 0.1) is 0 Å². The summed E-state index contributed by atoms with van der Waals surface area (Å²) in [5, 5.41) is 3.90. The molecule has 1 N–H and O–H groups in total. The molecule has 0 aromatic carbocycles. The van der Waals surface area contributed by atoms with Crippen molar-refractivity contribution in [1.29, 1.82) is 0 Å². The minimum atomic E-state index is -4.44. The Kier molecular flexibility index (Phi) is 5.34. The van der Waals surface area contributed by atoms with Gasteiger partial charge in [-0.3, -0.25) is 4.79 Å². The minimum absolute atomic E-state index is 0.0295. The second-order valence-electron chi connectivity index (χ2n) is 4.65. The van der Waals surface area contributed by atoms with Crippen LogP contribution in [0.5, 0.6) is 5.75 Å². The molecular weight excluding hydrogens is 333 g/mol. The van der Waals surface area contributed by atoms with E-state index in [1.807, 2.05) is 6.26 Å². The topological polar surface area (TPSA) is 72.8 Å². The maximum absolute atomic E-state index is 12.7. The van der Waals surface area contributed by atoms with Gasteiger partial charge >= 0.3 is 6.18 Å². The van der Waals surface area contributed by atoms with Crippen molar-refractivity contribution in [2.75, 3.05) is 19.1 Å². The second-order valence-corrected chi connectivity index (χ2v) is 5.63. The lowest BCUT2D eigenvalue weighted by molar-refractivity contribution is -0.142. The molecule has 0 spiro atoms. The summed E-state index contributed by atoms with van der Waals surface area (Å²) in [6.45, 7) is -1.28. The summed E-state index contributed by atoms with van der Waals surface area (Å²) in [4.78, 5) is 18.6. The van der Waals surface area contributed by atoms with Crippen LogP contribution in [0.25, 0.3) is 11.5 Å². The van der Waals surface area contributed by atoms with Gasteiger partial charge in [0.25, 0.3) is 0 Å². The van der Waals surface area contributed by atoms with Crippen LogP contribution < -0.4 is 10.2 Å². The summed E-state index contributed by atoms with van der Waals surface area (Å²) in [7, 11) is 1.33. The van der Waals surface area contributed by atoms with Crippen molar-refractivity contribution in [3.8, 4) is 17.3 Å². The van der Waals surface area contributed by atoms with Gasteiger partial charge in [-0.25, -0.2) is 9.67 Å². The SMILES string of the molecule is COc1c[nH]c(-c2nc(CCSC)nn2CC(F)(F)F)cc1=O. The number of halogens is 3. The van der Waals surface area contributed by atoms with Gasteiger partial charge in [-0.1, -0.05) is 0 Å². The quantitative estimate of drug-likeness (QED) is 0.866. The molecule has 2 rings (SSSR count). The van der Waals surface area contributed by atoms with Crippen LogP contribution >= 0.6 is 11.8 Å². The minimum Gasteiger partial charge on any atom is -0.491 e. The zero-order valence-electron chi connectivity index (χ0n) is 12.5. The van der Waals surface area contributed by atoms with E-state index in [0.29, 0.717) is 18.0 Å². The van der Waals surface area contributed by atoms with Crippen molar-refractivity contribution >= 4 is 11.8 Å². The van der Waals surface area contributed by atoms with Gasteiger partial charge in [-0.15, -0.1) is 0 Å². The molecule has 0 aliphatic carbocycles. The number of nitrogens with one attached hydrogen (secondary N) is 1. The van der Waals surface area contributed by atoms with Gasteiger partial charge in [-0.05, 0) is 6.26 Å². The molecule has 0 saturated carbocycles. The van der Waals surface area contributed by atoms with Gasteiger partial charge in [-0.2, -0.15) is 30.0 Å². The predicted octanol–water partition coefficient (Wildman–Crippen LogP) is 2.11. The van der Waals surface area contributed by atoms with E-state index in [4.69, 9.17) is 4.74 Å². The van der Waals surface area contributed by atoms with Gasteiger partial charge in [0.2, 0.25) is 5.43 Å². The molecule has 0 aliphatic heterocycles. The van der Waals surface area contributed by atoms with Crippen LogP contribution in [-0.2, 0) is 13.0 Å². The molecule has 126 valence electrons. The Hall–Kier alpha value is -1.97. The number of nitrogens with zero attached hydrogens (tertiary/aromatic N) is 3. The summed E-state index contributed by atoms with van der Waals surface area (Å²) in [6, 6.07) is 1.15. The van der Waals surface area contributed by atoms with Crippen LogP contribution in [0.1, 0.15) is 5.82 Å². The van der Waals surface area contributed by atoms with Crippen molar-refractivity contribution in [2.45, 2.75) is 19.1 Å². The van der Waals surface area contributed by atoms with Crippen LogP contribution in [0.15, 0.2) is 17.1 Å². The first kappa shape index (κ1) is 17.4. The fraction of sp³-hybridized carbons (Fsp3) is 0.462. The monoisotopic (exact) mass is 348 g/mol. The third-order valence-electron chi connectivity index (χ3n) is 2.91. The maximum Gasteiger partial charge on any atom is 0.408 e. The van der Waals surface area contributed by atoms with Gasteiger partial charge in [0.1, 0.15) is 6.54 Å². The zero-order chi connectivity index (χ0) is 17.0. The van der Waals surface area contributed by atoms with E-state index in [2.05, 4.69) is 15.1 Å². The van der Waals surface area contributed by atoms with E-state index in [9.17, 15) is 18.0 Å². The summed E-state index contributed by atoms with van der Waals surface area (Å²) < 4.78 is 43.7. The number of pyridine rings is 1. The third kappa shape index (κ3) is 4.50. The number of methoxy groups -OCH3 is 1. The molecule has 0 amide bonds. The molecule has 6 nitrogen and oxygen atoms in total. The van der Waals surface area contributed by atoms with Crippen LogP contribution in [0.4, 0.5) is 13.2 Å². The number of alkyl halides is 3. The van der Waals surface area contributed by atoms with Crippen LogP contribution in [0.3, 0.4) is 0 Å². The largest absolute Gasteiger partial charge is 0.491 e. The first-order valence-corrected chi connectivity index (χ1v) is 8.00. The Morgan fingerprint density at radius 3 is 2.74 bits per heavy atom. The lowest BCUT2D eigenvalue weighted by Crippen LogP contribution is -2.20. The highest BCUT2D eigenvalue weighted by Gasteiger charge is 2.30. The summed E-state index contributed by atoms with van der Waals surface area (Å²) in [5.74, 6) is 1.03. The summed E-state index contributed by atoms with van der Waals surface area (Å²) in [6.07, 6.45) is -0.828. The van der Waals surface area contributed by atoms with E-state index in [1.165, 1.54) is 13.3 Å². The standard InChI is InChI=1S/C13H15F3N4O2S/c1-22-10-6-17-8(5-9(10)21)12-18-11(3-4-23-2)19-20(12)7-13(14,15)16/h5-6H,3-4,7H2,1-2H3,(H,17,21). The van der Waals surface area contributed by atoms with Crippen molar-refractivity contribution < 1.29 is 17.9 Å². The normalized spacial score (nSPS) is 11.7. The molecular formula is C13H15F3N4O2S. The Morgan fingerprint density at radius 1 is 1.43 bits per heavy atom. The average molecular weight is 348 g/mol. The highest BCUT2D eigenvalue weighted by Crippen LogP contribution is 2.22. The average Bonchev–Trinajstić information content (AvgIpc) is 2.85. The smallest absolute Gasteiger partial charge is 0.408 e. The molecule has 2 heterocycles. The number of aromatic nitrogens is 4. The van der Waals surface area contributed by atoms with Gasteiger partial charge < -0.3 is 9.72 Å².